The first-order valence-corrected chi connectivity index (χ1v) is 5.42. The van der Waals surface area contributed by atoms with Gasteiger partial charge < -0.3 is 0 Å². The molecule has 0 N–H and O–H groups in total. The van der Waals surface area contributed by atoms with Gasteiger partial charge in [-0.25, -0.2) is 0 Å². The van der Waals surface area contributed by atoms with Crippen LogP contribution >= 0.6 is 0 Å². The van der Waals surface area contributed by atoms with E-state index >= 15 is 0 Å². The fourth-order valence-electron chi connectivity index (χ4n) is 0.776. The molecule has 0 saturated carbocycles. The molecule has 0 amide bonds. The van der Waals surface area contributed by atoms with Gasteiger partial charge in [0, 0.05) is 0 Å². The summed E-state index contributed by atoms with van der Waals surface area (Å²) in [5.74, 6) is 0. The summed E-state index contributed by atoms with van der Waals surface area (Å²) >= 11 is 0.178. The Labute approximate surface area is 78.6 Å². The average molecular weight is 225 g/mol. The van der Waals surface area contributed by atoms with Gasteiger partial charge in [0.15, 0.2) is 0 Å². The van der Waals surface area contributed by atoms with Crippen LogP contribution < -0.4 is 4.46 Å². The second kappa shape index (κ2) is 4.91. The van der Waals surface area contributed by atoms with Crippen LogP contribution in [0.25, 0.3) is 0 Å². The van der Waals surface area contributed by atoms with E-state index in [1.165, 1.54) is 4.46 Å². The average Bonchev–Trinajstić information content (AvgIpc) is 2.16. The molecule has 0 aliphatic heterocycles. The summed E-state index contributed by atoms with van der Waals surface area (Å²) < 4.78 is 2.14. The molecule has 12 heavy (non-hydrogen) atoms. The maximum atomic E-state index is 10.5. The summed E-state index contributed by atoms with van der Waals surface area (Å²) in [6.45, 7) is 1.90. The maximum absolute atomic E-state index is 10.5. The Morgan fingerprint density at radius 2 is 2.00 bits per heavy atom. The Bertz CT molecular complexity index is 277. The summed E-state index contributed by atoms with van der Waals surface area (Å²) in [4.78, 5) is 10.5. The molecule has 1 aromatic carbocycles. The van der Waals surface area contributed by atoms with Gasteiger partial charge in [-0.1, -0.05) is 0 Å². The Hall–Kier alpha value is -0.851. The van der Waals surface area contributed by atoms with Crippen LogP contribution in [0.15, 0.2) is 40.9 Å². The number of hydrogen-bond donors (Lipinski definition) is 0. The van der Waals surface area contributed by atoms with Crippen molar-refractivity contribution in [3.05, 3.63) is 40.9 Å². The van der Waals surface area contributed by atoms with Crippen LogP contribution in [0.2, 0.25) is 0 Å². The Morgan fingerprint density at radius 1 is 1.33 bits per heavy atom. The predicted octanol–water partition coefficient (Wildman–Crippen LogP) is 1.12. The summed E-state index contributed by atoms with van der Waals surface area (Å²) in [5.41, 5.74) is 0. The predicted molar refractivity (Wildman–Crippen MR) is 51.7 cm³/mol. The number of aldehydes is 1. The van der Waals surface area contributed by atoms with E-state index in [-0.39, 0.29) is 15.0 Å². The third kappa shape index (κ3) is 2.65. The molecule has 2 heteroatoms. The van der Waals surface area contributed by atoms with Crippen molar-refractivity contribution >= 4 is 25.7 Å². The van der Waals surface area contributed by atoms with Gasteiger partial charge in [-0.15, -0.1) is 0 Å². The number of rotatable bonds is 3. The van der Waals surface area contributed by atoms with Crippen molar-refractivity contribution in [3.8, 4) is 0 Å². The molecular weight excluding hydrogens is 215 g/mol. The van der Waals surface area contributed by atoms with Gasteiger partial charge in [-0.05, 0) is 0 Å². The SMILES string of the molecule is C/C=C(\C=O)[Se]c1ccccc1. The fourth-order valence-corrected chi connectivity index (χ4v) is 2.31. The van der Waals surface area contributed by atoms with Crippen LogP contribution in [0.4, 0.5) is 0 Å². The van der Waals surface area contributed by atoms with Crippen LogP contribution in [0, 0.1) is 0 Å². The molecule has 1 aromatic rings. The summed E-state index contributed by atoms with van der Waals surface area (Å²) in [6.07, 6.45) is 2.81. The van der Waals surface area contributed by atoms with Crippen LogP contribution in [-0.4, -0.2) is 21.2 Å². The molecule has 0 unspecified atom stereocenters. The molecule has 0 atom stereocenters. The zero-order chi connectivity index (χ0) is 8.81. The molecule has 0 aliphatic carbocycles. The molecule has 0 aromatic heterocycles. The van der Waals surface area contributed by atoms with Gasteiger partial charge >= 0.3 is 78.3 Å². The normalized spacial score (nSPS) is 11.2. The quantitative estimate of drug-likeness (QED) is 0.428. The van der Waals surface area contributed by atoms with Gasteiger partial charge in [-0.3, -0.25) is 0 Å². The molecular formula is C10H10OSe. The number of carbonyl (C=O) groups excluding carboxylic acids is 1. The monoisotopic (exact) mass is 226 g/mol. The Balaban J connectivity index is 2.70. The van der Waals surface area contributed by atoms with E-state index in [1.54, 1.807) is 0 Å². The third-order valence-corrected chi connectivity index (χ3v) is 3.64. The Kier molecular flexibility index (Phi) is 3.78. The fraction of sp³-hybridized carbons (Fsp3) is 0.100. The van der Waals surface area contributed by atoms with Gasteiger partial charge in [0.25, 0.3) is 0 Å². The van der Waals surface area contributed by atoms with Gasteiger partial charge in [-0.2, -0.15) is 0 Å². The summed E-state index contributed by atoms with van der Waals surface area (Å²) in [6, 6.07) is 10.1. The zero-order valence-electron chi connectivity index (χ0n) is 6.86. The molecule has 0 radical (unpaired) electrons. The molecule has 0 aliphatic rings. The van der Waals surface area contributed by atoms with Crippen molar-refractivity contribution in [2.24, 2.45) is 0 Å². The topological polar surface area (TPSA) is 17.1 Å². The third-order valence-electron chi connectivity index (χ3n) is 1.38. The van der Waals surface area contributed by atoms with E-state index in [2.05, 4.69) is 0 Å². The van der Waals surface area contributed by atoms with E-state index in [1.807, 2.05) is 43.3 Å². The second-order valence-corrected chi connectivity index (χ2v) is 4.63. The van der Waals surface area contributed by atoms with E-state index in [0.29, 0.717) is 0 Å². The van der Waals surface area contributed by atoms with Crippen LogP contribution in [0.3, 0.4) is 0 Å². The molecule has 0 fully saturated rings. The van der Waals surface area contributed by atoms with E-state index in [4.69, 9.17) is 0 Å². The van der Waals surface area contributed by atoms with Crippen molar-refractivity contribution in [3.63, 3.8) is 0 Å². The first kappa shape index (κ1) is 9.24. The number of benzene rings is 1. The first-order chi connectivity index (χ1) is 5.86. The summed E-state index contributed by atoms with van der Waals surface area (Å²) in [5, 5.41) is 0. The first-order valence-electron chi connectivity index (χ1n) is 3.71. The van der Waals surface area contributed by atoms with Crippen LogP contribution in [-0.2, 0) is 4.79 Å². The summed E-state index contributed by atoms with van der Waals surface area (Å²) in [7, 11) is 0. The van der Waals surface area contributed by atoms with Gasteiger partial charge in [0.2, 0.25) is 0 Å². The number of carbonyl (C=O) groups is 1. The van der Waals surface area contributed by atoms with E-state index < -0.39 is 0 Å². The minimum atomic E-state index is 0.178. The van der Waals surface area contributed by atoms with Crippen molar-refractivity contribution in [1.29, 1.82) is 0 Å². The number of hydrogen-bond acceptors (Lipinski definition) is 1. The van der Waals surface area contributed by atoms with Crippen molar-refractivity contribution in [2.45, 2.75) is 6.92 Å². The van der Waals surface area contributed by atoms with Crippen LogP contribution in [0.5, 0.6) is 0 Å². The molecule has 62 valence electrons. The second-order valence-electron chi connectivity index (χ2n) is 2.22. The van der Waals surface area contributed by atoms with Gasteiger partial charge in [0.05, 0.1) is 0 Å². The molecule has 0 heterocycles. The van der Waals surface area contributed by atoms with E-state index in [9.17, 15) is 4.79 Å². The number of allylic oxidation sites excluding steroid dienone is 2. The zero-order valence-corrected chi connectivity index (χ0v) is 8.57. The standard InChI is InChI=1S/C10H10OSe/c1-2-9(8-11)12-10-6-4-3-5-7-10/h2-8H,1H3/b9-2+. The van der Waals surface area contributed by atoms with Crippen molar-refractivity contribution in [2.75, 3.05) is 0 Å². The molecule has 0 spiro atoms. The van der Waals surface area contributed by atoms with Crippen molar-refractivity contribution in [1.82, 2.24) is 0 Å². The molecule has 0 bridgehead atoms. The van der Waals surface area contributed by atoms with E-state index in [0.717, 1.165) is 10.8 Å². The molecule has 1 nitrogen and oxygen atoms in total. The van der Waals surface area contributed by atoms with Crippen LogP contribution in [0.1, 0.15) is 6.92 Å². The minimum absolute atomic E-state index is 0.178. The van der Waals surface area contributed by atoms with Crippen molar-refractivity contribution < 1.29 is 4.79 Å². The Morgan fingerprint density at radius 3 is 2.50 bits per heavy atom. The van der Waals surface area contributed by atoms with Gasteiger partial charge in [0.1, 0.15) is 0 Å². The molecule has 0 saturated heterocycles. The molecule has 1 rings (SSSR count).